The molecule has 1 saturated heterocycles. The average molecular weight is 209 g/mol. The third kappa shape index (κ3) is 2.79. The van der Waals surface area contributed by atoms with E-state index in [-0.39, 0.29) is 12.1 Å². The molecule has 1 fully saturated rings. The molecular weight excluding hydrogens is 190 g/mol. The lowest BCUT2D eigenvalue weighted by Crippen LogP contribution is -2.40. The van der Waals surface area contributed by atoms with E-state index in [0.717, 1.165) is 19.4 Å². The van der Waals surface area contributed by atoms with E-state index in [1.165, 1.54) is 18.4 Å². The number of hydrogen-bond acceptors (Lipinski definition) is 3. The maximum atomic E-state index is 6.13. The van der Waals surface area contributed by atoms with Gasteiger partial charge in [0.05, 0.1) is 12.3 Å². The van der Waals surface area contributed by atoms with Crippen LogP contribution in [-0.4, -0.2) is 28.5 Å². The summed E-state index contributed by atoms with van der Waals surface area (Å²) >= 11 is 0. The molecule has 1 aromatic heterocycles. The van der Waals surface area contributed by atoms with Crippen molar-refractivity contribution in [2.24, 2.45) is 12.8 Å². The Morgan fingerprint density at radius 2 is 2.53 bits per heavy atom. The van der Waals surface area contributed by atoms with Crippen LogP contribution >= 0.6 is 0 Å². The van der Waals surface area contributed by atoms with Crippen LogP contribution < -0.4 is 5.73 Å². The summed E-state index contributed by atoms with van der Waals surface area (Å²) < 4.78 is 7.48. The predicted molar refractivity (Wildman–Crippen MR) is 58.5 cm³/mol. The second kappa shape index (κ2) is 4.77. The second-order valence-electron chi connectivity index (χ2n) is 4.30. The van der Waals surface area contributed by atoms with E-state index in [4.69, 9.17) is 10.5 Å². The number of nitrogens with two attached hydrogens (primary N) is 1. The minimum atomic E-state index is 0.106. The van der Waals surface area contributed by atoms with E-state index in [0.29, 0.717) is 0 Å². The van der Waals surface area contributed by atoms with Crippen molar-refractivity contribution in [3.63, 3.8) is 0 Å². The Morgan fingerprint density at radius 3 is 3.13 bits per heavy atom. The first-order valence-electron chi connectivity index (χ1n) is 5.60. The van der Waals surface area contributed by atoms with Crippen molar-refractivity contribution in [2.45, 2.75) is 37.8 Å². The molecule has 0 aromatic carbocycles. The second-order valence-corrected chi connectivity index (χ2v) is 4.30. The molecule has 15 heavy (non-hydrogen) atoms. The average Bonchev–Trinajstić information content (AvgIpc) is 2.65. The highest BCUT2D eigenvalue weighted by molar-refractivity contribution is 5.06. The van der Waals surface area contributed by atoms with Gasteiger partial charge in [0.25, 0.3) is 0 Å². The van der Waals surface area contributed by atoms with Crippen LogP contribution in [0.4, 0.5) is 0 Å². The summed E-state index contributed by atoms with van der Waals surface area (Å²) in [4.78, 5) is 0. The van der Waals surface area contributed by atoms with E-state index in [2.05, 4.69) is 5.10 Å². The largest absolute Gasteiger partial charge is 0.377 e. The van der Waals surface area contributed by atoms with Crippen molar-refractivity contribution >= 4 is 0 Å². The van der Waals surface area contributed by atoms with Crippen LogP contribution in [0.1, 0.15) is 24.8 Å². The van der Waals surface area contributed by atoms with Crippen LogP contribution in [0.5, 0.6) is 0 Å². The maximum absolute atomic E-state index is 6.13. The molecule has 2 heterocycles. The van der Waals surface area contributed by atoms with Gasteiger partial charge >= 0.3 is 0 Å². The van der Waals surface area contributed by atoms with Crippen LogP contribution in [0.15, 0.2) is 12.4 Å². The first kappa shape index (κ1) is 10.6. The van der Waals surface area contributed by atoms with Gasteiger partial charge in [0.1, 0.15) is 0 Å². The highest BCUT2D eigenvalue weighted by Crippen LogP contribution is 2.17. The topological polar surface area (TPSA) is 53.1 Å². The Bertz CT molecular complexity index is 305. The maximum Gasteiger partial charge on any atom is 0.0729 e. The van der Waals surface area contributed by atoms with Crippen molar-refractivity contribution in [3.8, 4) is 0 Å². The van der Waals surface area contributed by atoms with E-state index in [1.807, 2.05) is 24.1 Å². The van der Waals surface area contributed by atoms with Crippen LogP contribution in [-0.2, 0) is 18.2 Å². The molecule has 4 heteroatoms. The smallest absolute Gasteiger partial charge is 0.0729 e. The fourth-order valence-electron chi connectivity index (χ4n) is 2.08. The standard InChI is InChI=1S/C11H19N3O/c1-14-8-9(7-13-14)6-10(12)11-4-2-3-5-15-11/h7-8,10-11H,2-6,12H2,1H3. The minimum Gasteiger partial charge on any atom is -0.377 e. The molecule has 2 N–H and O–H groups in total. The van der Waals surface area contributed by atoms with Gasteiger partial charge in [-0.2, -0.15) is 5.10 Å². The molecule has 1 aromatic rings. The Morgan fingerprint density at radius 1 is 1.67 bits per heavy atom. The van der Waals surface area contributed by atoms with Gasteiger partial charge in [-0.25, -0.2) is 0 Å². The molecule has 2 atom stereocenters. The molecule has 0 aliphatic carbocycles. The third-order valence-corrected chi connectivity index (χ3v) is 2.92. The Kier molecular flexibility index (Phi) is 3.38. The van der Waals surface area contributed by atoms with Crippen molar-refractivity contribution in [1.29, 1.82) is 0 Å². The lowest BCUT2D eigenvalue weighted by molar-refractivity contribution is 0.000633. The number of aryl methyl sites for hydroxylation is 1. The van der Waals surface area contributed by atoms with Gasteiger partial charge in [0.2, 0.25) is 0 Å². The quantitative estimate of drug-likeness (QED) is 0.803. The summed E-state index contributed by atoms with van der Waals surface area (Å²) in [6.07, 6.45) is 8.51. The van der Waals surface area contributed by atoms with Gasteiger partial charge in [-0.15, -0.1) is 0 Å². The molecule has 4 nitrogen and oxygen atoms in total. The minimum absolute atomic E-state index is 0.106. The number of rotatable bonds is 3. The normalized spacial score (nSPS) is 24.0. The van der Waals surface area contributed by atoms with Crippen LogP contribution in [0.25, 0.3) is 0 Å². The summed E-state index contributed by atoms with van der Waals surface area (Å²) in [5.74, 6) is 0. The molecule has 0 saturated carbocycles. The Balaban J connectivity index is 1.88. The van der Waals surface area contributed by atoms with Crippen LogP contribution in [0.3, 0.4) is 0 Å². The molecule has 84 valence electrons. The van der Waals surface area contributed by atoms with Gasteiger partial charge in [-0.05, 0) is 31.2 Å². The van der Waals surface area contributed by atoms with E-state index >= 15 is 0 Å². The zero-order chi connectivity index (χ0) is 10.7. The van der Waals surface area contributed by atoms with Gasteiger partial charge in [0, 0.05) is 25.9 Å². The lowest BCUT2D eigenvalue weighted by atomic mass is 9.98. The Hall–Kier alpha value is -0.870. The number of hydrogen-bond donors (Lipinski definition) is 1. The molecule has 0 spiro atoms. The lowest BCUT2D eigenvalue weighted by Gasteiger charge is -2.27. The van der Waals surface area contributed by atoms with Gasteiger partial charge < -0.3 is 10.5 Å². The summed E-state index contributed by atoms with van der Waals surface area (Å²) in [5.41, 5.74) is 7.32. The fraction of sp³-hybridized carbons (Fsp3) is 0.727. The SMILES string of the molecule is Cn1cc(CC(N)C2CCCCO2)cn1. The van der Waals surface area contributed by atoms with Gasteiger partial charge in [0.15, 0.2) is 0 Å². The van der Waals surface area contributed by atoms with Crippen molar-refractivity contribution < 1.29 is 4.74 Å². The van der Waals surface area contributed by atoms with Crippen LogP contribution in [0.2, 0.25) is 0 Å². The molecular formula is C11H19N3O. The van der Waals surface area contributed by atoms with Crippen molar-refractivity contribution in [3.05, 3.63) is 18.0 Å². The van der Waals surface area contributed by atoms with Crippen molar-refractivity contribution in [2.75, 3.05) is 6.61 Å². The number of aromatic nitrogens is 2. The first-order valence-corrected chi connectivity index (χ1v) is 5.60. The molecule has 2 unspecified atom stereocenters. The van der Waals surface area contributed by atoms with Gasteiger partial charge in [-0.3, -0.25) is 4.68 Å². The number of nitrogens with zero attached hydrogens (tertiary/aromatic N) is 2. The van der Waals surface area contributed by atoms with E-state index < -0.39 is 0 Å². The summed E-state index contributed by atoms with van der Waals surface area (Å²) in [7, 11) is 1.92. The Labute approximate surface area is 90.4 Å². The van der Waals surface area contributed by atoms with Crippen LogP contribution in [0, 0.1) is 0 Å². The molecule has 0 radical (unpaired) electrons. The third-order valence-electron chi connectivity index (χ3n) is 2.92. The monoisotopic (exact) mass is 209 g/mol. The van der Waals surface area contributed by atoms with E-state index in [9.17, 15) is 0 Å². The highest BCUT2D eigenvalue weighted by atomic mass is 16.5. The zero-order valence-electron chi connectivity index (χ0n) is 9.22. The van der Waals surface area contributed by atoms with Gasteiger partial charge in [-0.1, -0.05) is 0 Å². The first-order chi connectivity index (χ1) is 7.25. The van der Waals surface area contributed by atoms with Crippen molar-refractivity contribution in [1.82, 2.24) is 9.78 Å². The summed E-state index contributed by atoms with van der Waals surface area (Å²) in [5, 5.41) is 4.14. The predicted octanol–water partition coefficient (Wildman–Crippen LogP) is 0.859. The summed E-state index contributed by atoms with van der Waals surface area (Å²) in [6, 6.07) is 0.106. The molecule has 1 aliphatic rings. The molecule has 1 aliphatic heterocycles. The summed E-state index contributed by atoms with van der Waals surface area (Å²) in [6.45, 7) is 0.866. The fourth-order valence-corrected chi connectivity index (χ4v) is 2.08. The zero-order valence-corrected chi connectivity index (χ0v) is 9.22. The number of ether oxygens (including phenoxy) is 1. The highest BCUT2D eigenvalue weighted by Gasteiger charge is 2.21. The molecule has 0 bridgehead atoms. The molecule has 2 rings (SSSR count). The molecule has 0 amide bonds. The van der Waals surface area contributed by atoms with E-state index in [1.54, 1.807) is 0 Å².